The van der Waals surface area contributed by atoms with Crippen molar-refractivity contribution in [2.75, 3.05) is 26.2 Å². The van der Waals surface area contributed by atoms with Crippen LogP contribution in [0.15, 0.2) is 9.05 Å². The van der Waals surface area contributed by atoms with Crippen molar-refractivity contribution in [3.63, 3.8) is 0 Å². The summed E-state index contributed by atoms with van der Waals surface area (Å²) in [6, 6.07) is 0.155. The molecule has 0 aromatic carbocycles. The minimum atomic E-state index is 0.155. The van der Waals surface area contributed by atoms with Crippen LogP contribution in [0.5, 0.6) is 0 Å². The van der Waals surface area contributed by atoms with Crippen molar-refractivity contribution in [1.29, 1.82) is 0 Å². The average Bonchev–Trinajstić information content (AvgIpc) is 3.16. The summed E-state index contributed by atoms with van der Waals surface area (Å²) in [6.45, 7) is 10.5. The molecule has 0 bridgehead atoms. The molecule has 120 valence electrons. The van der Waals surface area contributed by atoms with Crippen LogP contribution in [0, 0.1) is 6.92 Å². The first-order chi connectivity index (χ1) is 10.7. The Morgan fingerprint density at radius 2 is 1.77 bits per heavy atom. The highest BCUT2D eigenvalue weighted by molar-refractivity contribution is 4.93. The zero-order valence-corrected chi connectivity index (χ0v) is 13.3. The van der Waals surface area contributed by atoms with Crippen molar-refractivity contribution in [1.82, 2.24) is 30.1 Å². The van der Waals surface area contributed by atoms with Gasteiger partial charge in [0, 0.05) is 39.5 Å². The lowest BCUT2D eigenvalue weighted by atomic mass is 10.2. The Hall–Kier alpha value is -1.80. The highest BCUT2D eigenvalue weighted by atomic mass is 16.5. The molecule has 3 heterocycles. The van der Waals surface area contributed by atoms with Crippen molar-refractivity contribution in [3.8, 4) is 0 Å². The molecule has 1 fully saturated rings. The lowest BCUT2D eigenvalue weighted by Gasteiger charge is -2.36. The van der Waals surface area contributed by atoms with Gasteiger partial charge in [-0.3, -0.25) is 9.80 Å². The van der Waals surface area contributed by atoms with Crippen LogP contribution < -0.4 is 0 Å². The lowest BCUT2D eigenvalue weighted by molar-refractivity contribution is 0.0827. The molecule has 0 spiro atoms. The summed E-state index contributed by atoms with van der Waals surface area (Å²) < 4.78 is 10.4. The van der Waals surface area contributed by atoms with Crippen molar-refractivity contribution in [2.24, 2.45) is 0 Å². The van der Waals surface area contributed by atoms with Gasteiger partial charge in [-0.1, -0.05) is 17.2 Å². The SMILES string of the molecule is CCc1noc([C@@H](C)N2CCN(Cc3noc(C)n3)CC2)n1. The summed E-state index contributed by atoms with van der Waals surface area (Å²) in [5.41, 5.74) is 0. The van der Waals surface area contributed by atoms with Crippen molar-refractivity contribution >= 4 is 0 Å². The third-order valence-electron chi connectivity index (χ3n) is 4.05. The number of hydrogen-bond acceptors (Lipinski definition) is 8. The van der Waals surface area contributed by atoms with Gasteiger partial charge >= 0.3 is 0 Å². The van der Waals surface area contributed by atoms with Gasteiger partial charge in [0.25, 0.3) is 0 Å². The van der Waals surface area contributed by atoms with Crippen LogP contribution >= 0.6 is 0 Å². The molecule has 0 unspecified atom stereocenters. The van der Waals surface area contributed by atoms with Crippen molar-refractivity contribution in [3.05, 3.63) is 23.4 Å². The van der Waals surface area contributed by atoms with Crippen LogP contribution in [0.2, 0.25) is 0 Å². The van der Waals surface area contributed by atoms with E-state index in [-0.39, 0.29) is 6.04 Å². The number of nitrogens with zero attached hydrogens (tertiary/aromatic N) is 6. The Balaban J connectivity index is 1.52. The van der Waals surface area contributed by atoms with E-state index in [9.17, 15) is 0 Å². The van der Waals surface area contributed by atoms with E-state index in [1.54, 1.807) is 0 Å². The van der Waals surface area contributed by atoms with E-state index >= 15 is 0 Å². The van der Waals surface area contributed by atoms with E-state index in [4.69, 9.17) is 9.05 Å². The fourth-order valence-electron chi connectivity index (χ4n) is 2.65. The van der Waals surface area contributed by atoms with Gasteiger partial charge in [0.2, 0.25) is 11.8 Å². The van der Waals surface area contributed by atoms with Gasteiger partial charge < -0.3 is 9.05 Å². The standard InChI is InChI=1S/C14H22N6O2/c1-4-12-16-14(22-17-12)10(2)20-7-5-19(6-8-20)9-13-15-11(3)21-18-13/h10H,4-9H2,1-3H3/t10-/m1/s1. The minimum absolute atomic E-state index is 0.155. The predicted octanol–water partition coefficient (Wildman–Crippen LogP) is 1.20. The van der Waals surface area contributed by atoms with Gasteiger partial charge in [0.05, 0.1) is 12.6 Å². The van der Waals surface area contributed by atoms with Gasteiger partial charge in [-0.15, -0.1) is 0 Å². The summed E-state index contributed by atoms with van der Waals surface area (Å²) in [5, 5.41) is 7.92. The lowest BCUT2D eigenvalue weighted by Crippen LogP contribution is -2.46. The Bertz CT molecular complexity index is 602. The maximum atomic E-state index is 5.35. The summed E-state index contributed by atoms with van der Waals surface area (Å²) in [7, 11) is 0. The molecule has 0 radical (unpaired) electrons. The summed E-state index contributed by atoms with van der Waals surface area (Å²) in [5.74, 6) is 2.85. The molecule has 0 saturated carbocycles. The van der Waals surface area contributed by atoms with E-state index in [1.807, 2.05) is 13.8 Å². The highest BCUT2D eigenvalue weighted by Crippen LogP contribution is 2.20. The molecule has 8 heteroatoms. The number of piperazine rings is 1. The maximum absolute atomic E-state index is 5.35. The quantitative estimate of drug-likeness (QED) is 0.815. The molecule has 1 atom stereocenters. The van der Waals surface area contributed by atoms with Crippen LogP contribution in [0.1, 0.15) is 43.3 Å². The summed E-state index contributed by atoms with van der Waals surface area (Å²) in [6.07, 6.45) is 0.800. The Morgan fingerprint density at radius 1 is 1.05 bits per heavy atom. The zero-order valence-electron chi connectivity index (χ0n) is 13.3. The third kappa shape index (κ3) is 3.33. The maximum Gasteiger partial charge on any atom is 0.243 e. The van der Waals surface area contributed by atoms with E-state index in [0.29, 0.717) is 11.8 Å². The van der Waals surface area contributed by atoms with Gasteiger partial charge in [0.15, 0.2) is 11.6 Å². The molecule has 1 aliphatic rings. The molecule has 0 aliphatic carbocycles. The normalized spacial score (nSPS) is 18.7. The fourth-order valence-corrected chi connectivity index (χ4v) is 2.65. The zero-order chi connectivity index (χ0) is 15.5. The molecule has 1 saturated heterocycles. The second kappa shape index (κ2) is 6.53. The van der Waals surface area contributed by atoms with Crippen LogP contribution in [-0.4, -0.2) is 56.3 Å². The number of aromatic nitrogens is 4. The first-order valence-electron chi connectivity index (χ1n) is 7.73. The van der Waals surface area contributed by atoms with Crippen LogP contribution in [-0.2, 0) is 13.0 Å². The second-order valence-corrected chi connectivity index (χ2v) is 5.62. The topological polar surface area (TPSA) is 84.3 Å². The molecule has 2 aromatic rings. The molecular formula is C14H22N6O2. The average molecular weight is 306 g/mol. The molecule has 2 aromatic heterocycles. The number of hydrogen-bond donors (Lipinski definition) is 0. The molecule has 0 N–H and O–H groups in total. The molecule has 8 nitrogen and oxygen atoms in total. The van der Waals surface area contributed by atoms with Gasteiger partial charge in [-0.2, -0.15) is 9.97 Å². The Labute approximate surface area is 129 Å². The van der Waals surface area contributed by atoms with Crippen molar-refractivity contribution in [2.45, 2.75) is 39.8 Å². The van der Waals surface area contributed by atoms with E-state index in [0.717, 1.165) is 50.8 Å². The smallest absolute Gasteiger partial charge is 0.243 e. The molecule has 0 amide bonds. The fraction of sp³-hybridized carbons (Fsp3) is 0.714. The minimum Gasteiger partial charge on any atom is -0.340 e. The molecule has 3 rings (SSSR count). The van der Waals surface area contributed by atoms with Crippen LogP contribution in [0.3, 0.4) is 0 Å². The second-order valence-electron chi connectivity index (χ2n) is 5.62. The first kappa shape index (κ1) is 15.1. The van der Waals surface area contributed by atoms with Crippen molar-refractivity contribution < 1.29 is 9.05 Å². The highest BCUT2D eigenvalue weighted by Gasteiger charge is 2.26. The molecule has 1 aliphatic heterocycles. The summed E-state index contributed by atoms with van der Waals surface area (Å²) >= 11 is 0. The first-order valence-corrected chi connectivity index (χ1v) is 7.73. The molecular weight excluding hydrogens is 284 g/mol. The van der Waals surface area contributed by atoms with Crippen LogP contribution in [0.4, 0.5) is 0 Å². The molecule has 22 heavy (non-hydrogen) atoms. The Morgan fingerprint density at radius 3 is 2.36 bits per heavy atom. The van der Waals surface area contributed by atoms with Gasteiger partial charge in [-0.25, -0.2) is 0 Å². The van der Waals surface area contributed by atoms with E-state index in [2.05, 4.69) is 37.0 Å². The van der Waals surface area contributed by atoms with E-state index in [1.165, 1.54) is 0 Å². The predicted molar refractivity (Wildman–Crippen MR) is 78.0 cm³/mol. The van der Waals surface area contributed by atoms with Gasteiger partial charge in [-0.05, 0) is 6.92 Å². The van der Waals surface area contributed by atoms with E-state index < -0.39 is 0 Å². The monoisotopic (exact) mass is 306 g/mol. The number of aryl methyl sites for hydroxylation is 2. The number of rotatable bonds is 5. The van der Waals surface area contributed by atoms with Gasteiger partial charge in [0.1, 0.15) is 0 Å². The van der Waals surface area contributed by atoms with Crippen LogP contribution in [0.25, 0.3) is 0 Å². The Kier molecular flexibility index (Phi) is 4.49. The summed E-state index contributed by atoms with van der Waals surface area (Å²) in [4.78, 5) is 13.4. The largest absolute Gasteiger partial charge is 0.340 e. The third-order valence-corrected chi connectivity index (χ3v) is 4.05.